The number of amides is 1. The van der Waals surface area contributed by atoms with Crippen LogP contribution >= 0.6 is 0 Å². The predicted molar refractivity (Wildman–Crippen MR) is 87.1 cm³/mol. The highest BCUT2D eigenvalue weighted by Crippen LogP contribution is 2.38. The zero-order valence-electron chi connectivity index (χ0n) is 13.3. The number of para-hydroxylation sites is 1. The van der Waals surface area contributed by atoms with E-state index in [2.05, 4.69) is 0 Å². The number of rotatable bonds is 2. The Bertz CT molecular complexity index is 789. The summed E-state index contributed by atoms with van der Waals surface area (Å²) in [4.78, 5) is 14.2. The van der Waals surface area contributed by atoms with Crippen molar-refractivity contribution in [1.29, 1.82) is 0 Å². The standard InChI is InChI=1S/C18H17NO5/c1-21-15-4-2-3-12-10-19(17(20)11-24-18(12)15)13-5-6-14-16(9-13)23-8-7-22-14/h2-6,9H,7-8,10-11H2,1H3. The van der Waals surface area contributed by atoms with Crippen molar-refractivity contribution >= 4 is 11.6 Å². The molecule has 0 spiro atoms. The summed E-state index contributed by atoms with van der Waals surface area (Å²) in [7, 11) is 1.59. The van der Waals surface area contributed by atoms with Crippen LogP contribution in [0.25, 0.3) is 0 Å². The summed E-state index contributed by atoms with van der Waals surface area (Å²) in [5.74, 6) is 2.48. The summed E-state index contributed by atoms with van der Waals surface area (Å²) in [6.45, 7) is 1.41. The van der Waals surface area contributed by atoms with E-state index in [0.717, 1.165) is 11.3 Å². The van der Waals surface area contributed by atoms with Gasteiger partial charge in [-0.15, -0.1) is 0 Å². The van der Waals surface area contributed by atoms with Crippen LogP contribution < -0.4 is 23.8 Å². The van der Waals surface area contributed by atoms with Gasteiger partial charge in [-0.3, -0.25) is 4.79 Å². The van der Waals surface area contributed by atoms with Crippen molar-refractivity contribution < 1.29 is 23.7 Å². The van der Waals surface area contributed by atoms with Crippen molar-refractivity contribution in [2.24, 2.45) is 0 Å². The molecule has 2 aromatic rings. The van der Waals surface area contributed by atoms with Gasteiger partial charge >= 0.3 is 0 Å². The monoisotopic (exact) mass is 327 g/mol. The lowest BCUT2D eigenvalue weighted by atomic mass is 10.1. The van der Waals surface area contributed by atoms with Gasteiger partial charge in [0.25, 0.3) is 5.91 Å². The Morgan fingerprint density at radius 3 is 2.71 bits per heavy atom. The smallest absolute Gasteiger partial charge is 0.265 e. The van der Waals surface area contributed by atoms with Crippen LogP contribution in [-0.2, 0) is 11.3 Å². The molecule has 4 rings (SSSR count). The highest BCUT2D eigenvalue weighted by Gasteiger charge is 2.26. The van der Waals surface area contributed by atoms with Crippen LogP contribution in [0.3, 0.4) is 0 Å². The number of fused-ring (bicyclic) bond motifs is 2. The number of carbonyl (C=O) groups excluding carboxylic acids is 1. The van der Waals surface area contributed by atoms with E-state index in [9.17, 15) is 4.79 Å². The van der Waals surface area contributed by atoms with Crippen LogP contribution in [0.5, 0.6) is 23.0 Å². The fraction of sp³-hybridized carbons (Fsp3) is 0.278. The average Bonchev–Trinajstić information content (AvgIpc) is 2.80. The summed E-state index contributed by atoms with van der Waals surface area (Å²) < 4.78 is 22.1. The molecule has 0 saturated carbocycles. The second-order valence-electron chi connectivity index (χ2n) is 5.55. The molecule has 124 valence electrons. The summed E-state index contributed by atoms with van der Waals surface area (Å²) in [5, 5.41) is 0. The molecular weight excluding hydrogens is 310 g/mol. The van der Waals surface area contributed by atoms with Crippen molar-refractivity contribution in [3.63, 3.8) is 0 Å². The first-order chi connectivity index (χ1) is 11.8. The van der Waals surface area contributed by atoms with E-state index in [1.54, 1.807) is 12.0 Å². The molecule has 0 radical (unpaired) electrons. The second kappa shape index (κ2) is 5.96. The number of hydrogen-bond donors (Lipinski definition) is 0. The molecule has 0 fully saturated rings. The van der Waals surface area contributed by atoms with E-state index in [0.29, 0.717) is 42.8 Å². The van der Waals surface area contributed by atoms with Crippen molar-refractivity contribution in [2.45, 2.75) is 6.54 Å². The van der Waals surface area contributed by atoms with Crippen LogP contribution in [0.1, 0.15) is 5.56 Å². The molecule has 2 aromatic carbocycles. The summed E-state index contributed by atoms with van der Waals surface area (Å²) in [6, 6.07) is 11.2. The Labute approximate surface area is 139 Å². The maximum atomic E-state index is 12.5. The molecule has 6 heteroatoms. The van der Waals surface area contributed by atoms with E-state index in [1.807, 2.05) is 36.4 Å². The lowest BCUT2D eigenvalue weighted by molar-refractivity contribution is -0.120. The van der Waals surface area contributed by atoms with E-state index in [4.69, 9.17) is 18.9 Å². The summed E-state index contributed by atoms with van der Waals surface area (Å²) >= 11 is 0. The Kier molecular flexibility index (Phi) is 3.65. The van der Waals surface area contributed by atoms with E-state index < -0.39 is 0 Å². The molecule has 0 aliphatic carbocycles. The minimum absolute atomic E-state index is 0.0399. The van der Waals surface area contributed by atoms with Gasteiger partial charge in [-0.1, -0.05) is 12.1 Å². The molecule has 24 heavy (non-hydrogen) atoms. The molecule has 0 aromatic heterocycles. The zero-order valence-corrected chi connectivity index (χ0v) is 13.3. The van der Waals surface area contributed by atoms with E-state index >= 15 is 0 Å². The van der Waals surface area contributed by atoms with Gasteiger partial charge in [0.2, 0.25) is 0 Å². The van der Waals surface area contributed by atoms with Crippen LogP contribution in [0, 0.1) is 0 Å². The molecule has 2 aliphatic rings. The lowest BCUT2D eigenvalue weighted by Gasteiger charge is -2.24. The number of benzene rings is 2. The Morgan fingerprint density at radius 1 is 1.04 bits per heavy atom. The SMILES string of the molecule is COc1cccc2c1OCC(=O)N(c1ccc3c(c1)OCCO3)C2. The molecule has 6 nitrogen and oxygen atoms in total. The number of nitrogens with zero attached hydrogens (tertiary/aromatic N) is 1. The van der Waals surface area contributed by atoms with Gasteiger partial charge < -0.3 is 23.8 Å². The average molecular weight is 327 g/mol. The molecular formula is C18H17NO5. The third-order valence-electron chi connectivity index (χ3n) is 4.09. The quantitative estimate of drug-likeness (QED) is 0.848. The van der Waals surface area contributed by atoms with Gasteiger partial charge in [0.1, 0.15) is 13.2 Å². The van der Waals surface area contributed by atoms with Crippen molar-refractivity contribution in [3.05, 3.63) is 42.0 Å². The molecule has 0 saturated heterocycles. The second-order valence-corrected chi connectivity index (χ2v) is 5.55. The minimum Gasteiger partial charge on any atom is -0.493 e. The van der Waals surface area contributed by atoms with Gasteiger partial charge in [0.15, 0.2) is 29.6 Å². The number of ether oxygens (including phenoxy) is 4. The lowest BCUT2D eigenvalue weighted by Crippen LogP contribution is -2.32. The van der Waals surface area contributed by atoms with Gasteiger partial charge in [-0.05, 0) is 18.2 Å². The van der Waals surface area contributed by atoms with Crippen molar-refractivity contribution in [1.82, 2.24) is 0 Å². The third-order valence-corrected chi connectivity index (χ3v) is 4.09. The summed E-state index contributed by atoms with van der Waals surface area (Å²) in [5.41, 5.74) is 1.65. The fourth-order valence-electron chi connectivity index (χ4n) is 2.92. The molecule has 2 heterocycles. The highest BCUT2D eigenvalue weighted by atomic mass is 16.6. The van der Waals surface area contributed by atoms with Gasteiger partial charge in [-0.2, -0.15) is 0 Å². The van der Waals surface area contributed by atoms with Gasteiger partial charge in [0, 0.05) is 17.3 Å². The number of methoxy groups -OCH3 is 1. The molecule has 1 amide bonds. The third kappa shape index (κ3) is 2.50. The fourth-order valence-corrected chi connectivity index (χ4v) is 2.92. The first-order valence-electron chi connectivity index (χ1n) is 7.75. The zero-order chi connectivity index (χ0) is 16.5. The number of carbonyl (C=O) groups is 1. The van der Waals surface area contributed by atoms with Crippen LogP contribution in [-0.4, -0.2) is 32.8 Å². The first-order valence-corrected chi connectivity index (χ1v) is 7.75. The highest BCUT2D eigenvalue weighted by molar-refractivity contribution is 5.95. The Balaban J connectivity index is 1.71. The number of hydrogen-bond acceptors (Lipinski definition) is 5. The molecule has 0 N–H and O–H groups in total. The predicted octanol–water partition coefficient (Wildman–Crippen LogP) is 2.39. The van der Waals surface area contributed by atoms with E-state index in [-0.39, 0.29) is 12.5 Å². The maximum Gasteiger partial charge on any atom is 0.265 e. The van der Waals surface area contributed by atoms with Crippen LogP contribution in [0.4, 0.5) is 5.69 Å². The number of anilines is 1. The molecule has 0 atom stereocenters. The molecule has 0 bridgehead atoms. The molecule has 0 unspecified atom stereocenters. The largest absolute Gasteiger partial charge is 0.493 e. The summed E-state index contributed by atoms with van der Waals surface area (Å²) in [6.07, 6.45) is 0. The van der Waals surface area contributed by atoms with Gasteiger partial charge in [-0.25, -0.2) is 0 Å². The normalized spacial score (nSPS) is 16.0. The minimum atomic E-state index is -0.120. The van der Waals surface area contributed by atoms with Crippen molar-refractivity contribution in [3.8, 4) is 23.0 Å². The van der Waals surface area contributed by atoms with Gasteiger partial charge in [0.05, 0.1) is 13.7 Å². The van der Waals surface area contributed by atoms with E-state index in [1.165, 1.54) is 0 Å². The maximum absolute atomic E-state index is 12.5. The first kappa shape index (κ1) is 14.7. The Hall–Kier alpha value is -2.89. The van der Waals surface area contributed by atoms with Crippen molar-refractivity contribution in [2.75, 3.05) is 31.8 Å². The van der Waals surface area contributed by atoms with Crippen LogP contribution in [0.15, 0.2) is 36.4 Å². The topological polar surface area (TPSA) is 57.2 Å². The Morgan fingerprint density at radius 2 is 1.88 bits per heavy atom. The van der Waals surface area contributed by atoms with Crippen LogP contribution in [0.2, 0.25) is 0 Å². The molecule has 2 aliphatic heterocycles.